The van der Waals surface area contributed by atoms with E-state index in [4.69, 9.17) is 8.92 Å². The SMILES string of the molecule is COC(OSI)=C(C)C. The molecular formula is C5H9IO2S. The number of rotatable bonds is 3. The summed E-state index contributed by atoms with van der Waals surface area (Å²) < 4.78 is 9.90. The molecule has 0 spiro atoms. The molecule has 0 N–H and O–H groups in total. The highest BCUT2D eigenvalue weighted by molar-refractivity contribution is 14.2. The molecule has 2 nitrogen and oxygen atoms in total. The van der Waals surface area contributed by atoms with Crippen molar-refractivity contribution in [3.63, 3.8) is 0 Å². The molecule has 0 amide bonds. The van der Waals surface area contributed by atoms with Gasteiger partial charge in [0.2, 0.25) is 0 Å². The summed E-state index contributed by atoms with van der Waals surface area (Å²) in [5, 5.41) is 0. The number of ether oxygens (including phenoxy) is 1. The number of hydrogen-bond acceptors (Lipinski definition) is 3. The highest BCUT2D eigenvalue weighted by atomic mass is 127. The average molecular weight is 260 g/mol. The predicted molar refractivity (Wildman–Crippen MR) is 48.1 cm³/mol. The molecule has 0 rings (SSSR count). The Morgan fingerprint density at radius 2 is 2.00 bits per heavy atom. The van der Waals surface area contributed by atoms with Gasteiger partial charge < -0.3 is 8.92 Å². The lowest BCUT2D eigenvalue weighted by atomic mass is 10.4. The van der Waals surface area contributed by atoms with Crippen molar-refractivity contribution < 1.29 is 8.92 Å². The van der Waals surface area contributed by atoms with Crippen molar-refractivity contribution >= 4 is 30.4 Å². The Balaban J connectivity index is 3.83. The Hall–Kier alpha value is 0.420. The largest absolute Gasteiger partial charge is 0.468 e. The van der Waals surface area contributed by atoms with Crippen molar-refractivity contribution in [3.05, 3.63) is 11.5 Å². The van der Waals surface area contributed by atoms with E-state index in [0.29, 0.717) is 5.95 Å². The van der Waals surface area contributed by atoms with Gasteiger partial charge in [-0.25, -0.2) is 0 Å². The van der Waals surface area contributed by atoms with Crippen LogP contribution in [0.4, 0.5) is 0 Å². The minimum atomic E-state index is 0.592. The summed E-state index contributed by atoms with van der Waals surface area (Å²) in [4.78, 5) is 0. The van der Waals surface area contributed by atoms with Crippen LogP contribution in [0.2, 0.25) is 0 Å². The maximum atomic E-state index is 5.01. The molecule has 0 saturated carbocycles. The van der Waals surface area contributed by atoms with Crippen molar-refractivity contribution in [1.82, 2.24) is 0 Å². The van der Waals surface area contributed by atoms with Crippen LogP contribution in [0.3, 0.4) is 0 Å². The zero-order valence-electron chi connectivity index (χ0n) is 5.60. The van der Waals surface area contributed by atoms with Gasteiger partial charge in [-0.15, -0.1) is 0 Å². The van der Waals surface area contributed by atoms with Crippen molar-refractivity contribution in [2.75, 3.05) is 7.11 Å². The van der Waals surface area contributed by atoms with E-state index in [-0.39, 0.29) is 0 Å². The molecule has 0 aliphatic carbocycles. The van der Waals surface area contributed by atoms with Gasteiger partial charge in [-0.2, -0.15) is 0 Å². The summed E-state index contributed by atoms with van der Waals surface area (Å²) in [7, 11) is 2.84. The first-order chi connectivity index (χ1) is 4.22. The van der Waals surface area contributed by atoms with Gasteiger partial charge in [0.25, 0.3) is 5.95 Å². The molecule has 0 aromatic carbocycles. The van der Waals surface area contributed by atoms with Gasteiger partial charge in [-0.1, -0.05) is 0 Å². The summed E-state index contributed by atoms with van der Waals surface area (Å²) in [6.45, 7) is 3.87. The van der Waals surface area contributed by atoms with E-state index < -0.39 is 0 Å². The van der Waals surface area contributed by atoms with Crippen LogP contribution in [0.15, 0.2) is 11.5 Å². The molecule has 0 heterocycles. The monoisotopic (exact) mass is 260 g/mol. The Kier molecular flexibility index (Phi) is 5.47. The quantitative estimate of drug-likeness (QED) is 0.441. The lowest BCUT2D eigenvalue weighted by Gasteiger charge is -2.04. The second kappa shape index (κ2) is 5.22. The van der Waals surface area contributed by atoms with Crippen LogP contribution < -0.4 is 0 Å². The average Bonchev–Trinajstić information content (AvgIpc) is 1.82. The molecule has 0 saturated heterocycles. The van der Waals surface area contributed by atoms with Crippen LogP contribution >= 0.6 is 30.4 Å². The first-order valence-corrected chi connectivity index (χ1v) is 5.67. The standard InChI is InChI=1S/C5H9IO2S/c1-4(2)5(7-3)8-9-6/h1-3H3. The fourth-order valence-corrected chi connectivity index (χ4v) is 1.13. The maximum absolute atomic E-state index is 5.01. The van der Waals surface area contributed by atoms with Gasteiger partial charge in [-0.05, 0) is 13.8 Å². The summed E-state index contributed by atoms with van der Waals surface area (Å²) >= 11 is 2.04. The number of hydrogen-bond donors (Lipinski definition) is 0. The van der Waals surface area contributed by atoms with E-state index in [1.807, 2.05) is 35.1 Å². The molecule has 0 radical (unpaired) electrons. The van der Waals surface area contributed by atoms with Crippen molar-refractivity contribution in [2.24, 2.45) is 0 Å². The van der Waals surface area contributed by atoms with E-state index >= 15 is 0 Å². The van der Waals surface area contributed by atoms with Gasteiger partial charge in [0, 0.05) is 26.8 Å². The molecular weight excluding hydrogens is 251 g/mol. The van der Waals surface area contributed by atoms with Gasteiger partial charge in [0.15, 0.2) is 0 Å². The molecule has 0 aromatic rings. The van der Waals surface area contributed by atoms with Gasteiger partial charge in [-0.3, -0.25) is 0 Å². The van der Waals surface area contributed by atoms with Crippen molar-refractivity contribution in [3.8, 4) is 0 Å². The number of halogens is 1. The second-order valence-electron chi connectivity index (χ2n) is 1.64. The highest BCUT2D eigenvalue weighted by Crippen LogP contribution is 2.20. The molecule has 4 heteroatoms. The fourth-order valence-electron chi connectivity index (χ4n) is 0.350. The van der Waals surface area contributed by atoms with Crippen LogP contribution in [0.25, 0.3) is 0 Å². The van der Waals surface area contributed by atoms with Crippen molar-refractivity contribution in [1.29, 1.82) is 0 Å². The minimum absolute atomic E-state index is 0.592. The summed E-state index contributed by atoms with van der Waals surface area (Å²) in [6.07, 6.45) is 0. The second-order valence-corrected chi connectivity index (χ2v) is 3.01. The van der Waals surface area contributed by atoms with Crippen LogP contribution in [0.1, 0.15) is 13.8 Å². The molecule has 0 aliphatic heterocycles. The zero-order chi connectivity index (χ0) is 7.28. The third-order valence-electron chi connectivity index (χ3n) is 0.701. The minimum Gasteiger partial charge on any atom is -0.468 e. The molecule has 54 valence electrons. The number of methoxy groups -OCH3 is 1. The topological polar surface area (TPSA) is 18.5 Å². The normalized spacial score (nSPS) is 8.44. The maximum Gasteiger partial charge on any atom is 0.290 e. The Morgan fingerprint density at radius 1 is 1.44 bits per heavy atom. The molecule has 9 heavy (non-hydrogen) atoms. The van der Waals surface area contributed by atoms with E-state index in [9.17, 15) is 0 Å². The molecule has 0 unspecified atom stereocenters. The highest BCUT2D eigenvalue weighted by Gasteiger charge is 1.97. The zero-order valence-corrected chi connectivity index (χ0v) is 8.58. The van der Waals surface area contributed by atoms with Crippen LogP contribution in [0, 0.1) is 0 Å². The molecule has 0 aromatic heterocycles. The van der Waals surface area contributed by atoms with Crippen molar-refractivity contribution in [2.45, 2.75) is 13.8 Å². The lowest BCUT2D eigenvalue weighted by Crippen LogP contribution is -1.88. The molecule has 0 atom stereocenters. The first kappa shape index (κ1) is 9.42. The first-order valence-electron chi connectivity index (χ1n) is 2.39. The van der Waals surface area contributed by atoms with E-state index in [1.165, 1.54) is 9.21 Å². The number of allylic oxidation sites excluding steroid dienone is 1. The van der Waals surface area contributed by atoms with Crippen LogP contribution in [-0.2, 0) is 8.92 Å². The van der Waals surface area contributed by atoms with E-state index in [2.05, 4.69) is 0 Å². The van der Waals surface area contributed by atoms with Crippen LogP contribution in [-0.4, -0.2) is 7.11 Å². The van der Waals surface area contributed by atoms with Crippen LogP contribution in [0.5, 0.6) is 0 Å². The van der Waals surface area contributed by atoms with E-state index in [0.717, 1.165) is 5.57 Å². The summed E-state index contributed by atoms with van der Waals surface area (Å²) in [5.41, 5.74) is 1.04. The fraction of sp³-hybridized carbons (Fsp3) is 0.600. The Labute approximate surface area is 71.8 Å². The smallest absolute Gasteiger partial charge is 0.290 e. The Bertz CT molecular complexity index is 110. The molecule has 0 bridgehead atoms. The lowest BCUT2D eigenvalue weighted by molar-refractivity contribution is 0.165. The third-order valence-corrected chi connectivity index (χ3v) is 1.45. The molecule has 0 fully saturated rings. The Morgan fingerprint density at radius 3 is 2.11 bits per heavy atom. The van der Waals surface area contributed by atoms with Gasteiger partial charge in [0.1, 0.15) is 9.21 Å². The third kappa shape index (κ3) is 3.91. The summed E-state index contributed by atoms with van der Waals surface area (Å²) in [6, 6.07) is 0. The van der Waals surface area contributed by atoms with Gasteiger partial charge >= 0.3 is 0 Å². The molecule has 0 aliphatic rings. The summed E-state index contributed by atoms with van der Waals surface area (Å²) in [5.74, 6) is 0.592. The predicted octanol–water partition coefficient (Wildman–Crippen LogP) is 2.90. The van der Waals surface area contributed by atoms with E-state index in [1.54, 1.807) is 7.11 Å². The van der Waals surface area contributed by atoms with Gasteiger partial charge in [0.05, 0.1) is 7.11 Å².